The van der Waals surface area contributed by atoms with Gasteiger partial charge in [-0.3, -0.25) is 4.79 Å². The third-order valence-electron chi connectivity index (χ3n) is 1.93. The maximum absolute atomic E-state index is 10.9. The zero-order valence-electron chi connectivity index (χ0n) is 8.93. The average molecular weight is 240 g/mol. The van der Waals surface area contributed by atoms with Gasteiger partial charge in [-0.05, 0) is 24.3 Å². The maximum Gasteiger partial charge on any atom is 0.412 e. The summed E-state index contributed by atoms with van der Waals surface area (Å²) in [6, 6.07) is 6.51. The van der Waals surface area contributed by atoms with Gasteiger partial charge >= 0.3 is 6.09 Å². The molecule has 1 aromatic carbocycles. The molecule has 0 heterocycles. The molecule has 0 radical (unpaired) electrons. The van der Waals surface area contributed by atoms with Crippen molar-refractivity contribution in [2.75, 3.05) is 19.0 Å². The fourth-order valence-electron chi connectivity index (χ4n) is 1.01. The number of carbonyl (C=O) groups is 2. The average Bonchev–Trinajstić information content (AvgIpc) is 2.28. The van der Waals surface area contributed by atoms with Crippen LogP contribution in [0.4, 0.5) is 15.3 Å². The molecule has 0 unspecified atom stereocenters. The van der Waals surface area contributed by atoms with E-state index in [1.54, 1.807) is 31.3 Å². The highest BCUT2D eigenvalue weighted by molar-refractivity contribution is 7.96. The van der Waals surface area contributed by atoms with Crippen molar-refractivity contribution in [1.82, 2.24) is 5.32 Å². The van der Waals surface area contributed by atoms with Gasteiger partial charge < -0.3 is 15.0 Å². The lowest BCUT2D eigenvalue weighted by Crippen LogP contribution is -2.22. The van der Waals surface area contributed by atoms with Crippen LogP contribution in [0.25, 0.3) is 0 Å². The van der Waals surface area contributed by atoms with E-state index < -0.39 is 6.09 Å². The van der Waals surface area contributed by atoms with Crippen LogP contribution in [0.3, 0.4) is 0 Å². The molecule has 0 saturated carbocycles. The van der Waals surface area contributed by atoms with Crippen LogP contribution in [0.1, 0.15) is 0 Å². The van der Waals surface area contributed by atoms with Crippen LogP contribution >= 0.6 is 12.6 Å². The molecule has 1 rings (SSSR count). The van der Waals surface area contributed by atoms with E-state index in [4.69, 9.17) is 4.74 Å². The summed E-state index contributed by atoms with van der Waals surface area (Å²) in [6.07, 6.45) is -0.536. The third kappa shape index (κ3) is 3.16. The first kappa shape index (κ1) is 12.4. The van der Waals surface area contributed by atoms with Gasteiger partial charge in [-0.2, -0.15) is 0 Å². The fourth-order valence-corrected chi connectivity index (χ4v) is 1.12. The summed E-state index contributed by atoms with van der Waals surface area (Å²) >= 11 is 3.69. The van der Waals surface area contributed by atoms with E-state index in [0.717, 1.165) is 0 Å². The zero-order valence-corrected chi connectivity index (χ0v) is 9.82. The van der Waals surface area contributed by atoms with E-state index in [2.05, 4.69) is 17.9 Å². The van der Waals surface area contributed by atoms with Crippen molar-refractivity contribution < 1.29 is 14.3 Å². The molecule has 1 aromatic rings. The molecule has 0 aliphatic heterocycles. The molecule has 5 nitrogen and oxygen atoms in total. The number of amides is 2. The second kappa shape index (κ2) is 5.41. The van der Waals surface area contributed by atoms with Crippen LogP contribution in [0.5, 0.6) is 5.75 Å². The summed E-state index contributed by atoms with van der Waals surface area (Å²) in [4.78, 5) is 23.2. The number of benzene rings is 1. The summed E-state index contributed by atoms with van der Waals surface area (Å²) in [6.45, 7) is 0. The highest BCUT2D eigenvalue weighted by Crippen LogP contribution is 2.19. The lowest BCUT2D eigenvalue weighted by molar-refractivity contribution is 0.203. The number of hydrogen-bond donors (Lipinski definition) is 2. The number of thiol groups is 1. The predicted molar refractivity (Wildman–Crippen MR) is 64.3 cm³/mol. The molecule has 0 aliphatic carbocycles. The van der Waals surface area contributed by atoms with Crippen molar-refractivity contribution in [1.29, 1.82) is 0 Å². The normalized spacial score (nSPS) is 9.44. The lowest BCUT2D eigenvalue weighted by atomic mass is 10.3. The van der Waals surface area contributed by atoms with Crippen LogP contribution in [-0.4, -0.2) is 25.4 Å². The fraction of sp³-hybridized carbons (Fsp3) is 0.200. The first-order chi connectivity index (χ1) is 7.54. The number of ether oxygens (including phenoxy) is 1. The van der Waals surface area contributed by atoms with Crippen molar-refractivity contribution in [2.24, 2.45) is 0 Å². The van der Waals surface area contributed by atoms with Gasteiger partial charge in [0.1, 0.15) is 5.75 Å². The minimum absolute atomic E-state index is 0.361. The summed E-state index contributed by atoms with van der Waals surface area (Å²) in [5.74, 6) is 0.406. The molecule has 2 amide bonds. The summed E-state index contributed by atoms with van der Waals surface area (Å²) < 4.78 is 4.89. The second-order valence-corrected chi connectivity index (χ2v) is 3.36. The van der Waals surface area contributed by atoms with Crippen molar-refractivity contribution in [3.8, 4) is 5.75 Å². The molecule has 0 atom stereocenters. The molecular formula is C10H12N2O3S. The summed E-state index contributed by atoms with van der Waals surface area (Å²) in [5, 5.41) is 1.97. The Kier molecular flexibility index (Phi) is 4.19. The van der Waals surface area contributed by atoms with Crippen LogP contribution in [0, 0.1) is 0 Å². The standard InChI is InChI=1S/C10H12N2O3S/c1-11-9(13)15-8-5-3-7(4-6-8)12(2)10(14)16/h3-6H,1-2H3,(H,11,13)(H,14,16). The van der Waals surface area contributed by atoms with E-state index in [9.17, 15) is 9.59 Å². The van der Waals surface area contributed by atoms with Gasteiger partial charge in [0.25, 0.3) is 5.24 Å². The van der Waals surface area contributed by atoms with Crippen LogP contribution in [-0.2, 0) is 0 Å². The number of rotatable bonds is 2. The van der Waals surface area contributed by atoms with Gasteiger partial charge in [-0.25, -0.2) is 4.79 Å². The quantitative estimate of drug-likeness (QED) is 0.776. The zero-order chi connectivity index (χ0) is 12.1. The molecular weight excluding hydrogens is 228 g/mol. The summed E-state index contributed by atoms with van der Waals surface area (Å²) in [7, 11) is 3.08. The Labute approximate surface area is 98.8 Å². The second-order valence-electron chi connectivity index (χ2n) is 2.98. The smallest absolute Gasteiger partial charge is 0.410 e. The van der Waals surface area contributed by atoms with Crippen LogP contribution in [0.2, 0.25) is 0 Å². The Morgan fingerprint density at radius 3 is 2.31 bits per heavy atom. The van der Waals surface area contributed by atoms with Crippen molar-refractivity contribution in [3.05, 3.63) is 24.3 Å². The Morgan fingerprint density at radius 2 is 1.88 bits per heavy atom. The molecule has 0 aromatic heterocycles. The van der Waals surface area contributed by atoms with Gasteiger partial charge in [0.2, 0.25) is 0 Å². The third-order valence-corrected chi connectivity index (χ3v) is 2.23. The van der Waals surface area contributed by atoms with Crippen molar-refractivity contribution in [3.63, 3.8) is 0 Å². The molecule has 86 valence electrons. The van der Waals surface area contributed by atoms with Gasteiger partial charge in [-0.1, -0.05) is 12.6 Å². The van der Waals surface area contributed by atoms with Gasteiger partial charge in [-0.15, -0.1) is 0 Å². The van der Waals surface area contributed by atoms with Gasteiger partial charge in [0.15, 0.2) is 0 Å². The number of anilines is 1. The molecule has 1 N–H and O–H groups in total. The Hall–Kier alpha value is -1.69. The highest BCUT2D eigenvalue weighted by atomic mass is 32.1. The summed E-state index contributed by atoms with van der Waals surface area (Å²) in [5.41, 5.74) is 0.671. The minimum Gasteiger partial charge on any atom is -0.410 e. The molecule has 16 heavy (non-hydrogen) atoms. The highest BCUT2D eigenvalue weighted by Gasteiger charge is 2.07. The molecule has 6 heteroatoms. The molecule has 0 fully saturated rings. The van der Waals surface area contributed by atoms with Crippen molar-refractivity contribution >= 4 is 29.6 Å². The van der Waals surface area contributed by atoms with E-state index >= 15 is 0 Å². The Balaban J connectivity index is 2.75. The van der Waals surface area contributed by atoms with E-state index in [1.807, 2.05) is 0 Å². The number of carbonyl (C=O) groups excluding carboxylic acids is 2. The molecule has 0 spiro atoms. The van der Waals surface area contributed by atoms with E-state index in [0.29, 0.717) is 11.4 Å². The maximum atomic E-state index is 10.9. The Morgan fingerprint density at radius 1 is 1.31 bits per heavy atom. The van der Waals surface area contributed by atoms with E-state index in [1.165, 1.54) is 11.9 Å². The predicted octanol–water partition coefficient (Wildman–Crippen LogP) is 1.89. The van der Waals surface area contributed by atoms with Crippen molar-refractivity contribution in [2.45, 2.75) is 0 Å². The SMILES string of the molecule is CNC(=O)Oc1ccc(N(C)C(=O)S)cc1. The van der Waals surface area contributed by atoms with Crippen LogP contribution in [0.15, 0.2) is 24.3 Å². The number of nitrogens with one attached hydrogen (secondary N) is 1. The number of nitrogens with zero attached hydrogens (tertiary/aromatic N) is 1. The number of hydrogen-bond acceptors (Lipinski definition) is 3. The monoisotopic (exact) mass is 240 g/mol. The van der Waals surface area contributed by atoms with Gasteiger partial charge in [0, 0.05) is 19.8 Å². The lowest BCUT2D eigenvalue weighted by Gasteiger charge is -2.14. The Bertz CT molecular complexity index is 392. The first-order valence-corrected chi connectivity index (χ1v) is 4.95. The minimum atomic E-state index is -0.536. The van der Waals surface area contributed by atoms with Gasteiger partial charge in [0.05, 0.1) is 0 Å². The topological polar surface area (TPSA) is 58.6 Å². The largest absolute Gasteiger partial charge is 0.412 e. The molecule has 0 saturated heterocycles. The van der Waals surface area contributed by atoms with E-state index in [-0.39, 0.29) is 5.24 Å². The molecule has 0 aliphatic rings. The first-order valence-electron chi connectivity index (χ1n) is 4.51. The molecule has 0 bridgehead atoms. The van der Waals surface area contributed by atoms with Crippen LogP contribution < -0.4 is 15.0 Å².